The van der Waals surface area contributed by atoms with Crippen LogP contribution in [0.2, 0.25) is 0 Å². The van der Waals surface area contributed by atoms with Gasteiger partial charge in [-0.15, -0.1) is 11.3 Å². The van der Waals surface area contributed by atoms with Crippen LogP contribution in [0.25, 0.3) is 21.3 Å². The van der Waals surface area contributed by atoms with Gasteiger partial charge in [0.2, 0.25) is 0 Å². The summed E-state index contributed by atoms with van der Waals surface area (Å²) in [5.41, 5.74) is 9.96. The largest absolute Gasteiger partial charge is 0.493 e. The molecule has 0 amide bonds. The Morgan fingerprint density at radius 3 is 2.45 bits per heavy atom. The smallest absolute Gasteiger partial charge is 0.162 e. The van der Waals surface area contributed by atoms with E-state index in [-0.39, 0.29) is 6.04 Å². The second-order valence-corrected chi connectivity index (χ2v) is 8.60. The molecule has 0 unspecified atom stereocenters. The summed E-state index contributed by atoms with van der Waals surface area (Å²) in [5, 5.41) is 4.45. The molecule has 4 rings (SSSR count). The zero-order valence-electron chi connectivity index (χ0n) is 18.3. The molecule has 0 bridgehead atoms. The number of hydrogen-bond donors (Lipinski definition) is 2. The Morgan fingerprint density at radius 1 is 0.968 bits per heavy atom. The molecule has 2 aromatic heterocycles. The highest BCUT2D eigenvalue weighted by molar-refractivity contribution is 7.15. The number of nitrogens with one attached hydrogen (secondary N) is 1. The molecule has 3 N–H and O–H groups in total. The third-order valence-electron chi connectivity index (χ3n) is 5.25. The highest BCUT2D eigenvalue weighted by Crippen LogP contribution is 2.37. The van der Waals surface area contributed by atoms with Gasteiger partial charge in [-0.3, -0.25) is 0 Å². The quantitative estimate of drug-likeness (QED) is 0.376. The second kappa shape index (κ2) is 8.43. The fraction of sp³-hybridized carbons (Fsp3) is 0.250. The Labute approximate surface area is 186 Å². The van der Waals surface area contributed by atoms with Crippen molar-refractivity contribution < 1.29 is 9.47 Å². The van der Waals surface area contributed by atoms with E-state index in [1.807, 2.05) is 31.2 Å². The topological polar surface area (TPSA) is 82.3 Å². The highest BCUT2D eigenvalue weighted by Gasteiger charge is 2.16. The summed E-state index contributed by atoms with van der Waals surface area (Å²) in [4.78, 5) is 11.6. The molecule has 2 heterocycles. The molecule has 0 saturated heterocycles. The van der Waals surface area contributed by atoms with Gasteiger partial charge in [0.25, 0.3) is 0 Å². The fourth-order valence-corrected chi connectivity index (χ4v) is 4.69. The molecule has 0 radical (unpaired) electrons. The number of benzene rings is 2. The maximum atomic E-state index is 6.00. The summed E-state index contributed by atoms with van der Waals surface area (Å²) in [7, 11) is 3.25. The van der Waals surface area contributed by atoms with Crippen LogP contribution in [0.3, 0.4) is 0 Å². The predicted octanol–water partition coefficient (Wildman–Crippen LogP) is 5.75. The van der Waals surface area contributed by atoms with Gasteiger partial charge in [0.1, 0.15) is 11.6 Å². The van der Waals surface area contributed by atoms with E-state index in [1.165, 1.54) is 20.9 Å². The van der Waals surface area contributed by atoms with Crippen molar-refractivity contribution in [1.29, 1.82) is 0 Å². The minimum atomic E-state index is 0.0608. The van der Waals surface area contributed by atoms with Crippen LogP contribution in [0.1, 0.15) is 29.2 Å². The Hall–Kier alpha value is -3.32. The molecule has 4 aromatic rings. The number of nitrogens with two attached hydrogens (primary N) is 1. The van der Waals surface area contributed by atoms with Crippen molar-refractivity contribution in [1.82, 2.24) is 9.97 Å². The molecule has 0 aliphatic heterocycles. The number of anilines is 2. The van der Waals surface area contributed by atoms with E-state index in [9.17, 15) is 0 Å². The van der Waals surface area contributed by atoms with Gasteiger partial charge in [0, 0.05) is 26.9 Å². The van der Waals surface area contributed by atoms with E-state index in [2.05, 4.69) is 47.3 Å². The second-order valence-electron chi connectivity index (χ2n) is 7.49. The van der Waals surface area contributed by atoms with Gasteiger partial charge in [-0.2, -0.15) is 0 Å². The van der Waals surface area contributed by atoms with Gasteiger partial charge in [-0.05, 0) is 62.2 Å². The molecule has 7 heteroatoms. The number of methoxy groups -OCH3 is 2. The van der Waals surface area contributed by atoms with Crippen molar-refractivity contribution in [2.75, 3.05) is 25.3 Å². The first kappa shape index (κ1) is 20.9. The number of hydrogen-bond acceptors (Lipinski definition) is 7. The van der Waals surface area contributed by atoms with Gasteiger partial charge in [0.15, 0.2) is 11.5 Å². The average molecular weight is 435 g/mol. The Kier molecular flexibility index (Phi) is 5.69. The van der Waals surface area contributed by atoms with Crippen molar-refractivity contribution >= 4 is 33.7 Å². The molecule has 31 heavy (non-hydrogen) atoms. The Bertz CT molecular complexity index is 1250. The number of ether oxygens (including phenoxy) is 2. The highest BCUT2D eigenvalue weighted by atomic mass is 32.1. The van der Waals surface area contributed by atoms with Crippen molar-refractivity contribution in [3.63, 3.8) is 0 Å². The van der Waals surface area contributed by atoms with Crippen LogP contribution in [0.15, 0.2) is 42.5 Å². The fourth-order valence-electron chi connectivity index (χ4n) is 3.59. The van der Waals surface area contributed by atoms with E-state index >= 15 is 0 Å². The molecule has 6 nitrogen and oxygen atoms in total. The maximum Gasteiger partial charge on any atom is 0.162 e. The van der Waals surface area contributed by atoms with Crippen LogP contribution in [-0.2, 0) is 0 Å². The lowest BCUT2D eigenvalue weighted by atomic mass is 10.1. The number of aromatic nitrogens is 2. The van der Waals surface area contributed by atoms with Gasteiger partial charge in [-0.1, -0.05) is 6.07 Å². The predicted molar refractivity (Wildman–Crippen MR) is 128 cm³/mol. The third-order valence-corrected chi connectivity index (χ3v) is 6.55. The average Bonchev–Trinajstić information content (AvgIpc) is 3.24. The normalized spacial score (nSPS) is 12.0. The number of thiophene rings is 1. The van der Waals surface area contributed by atoms with E-state index in [4.69, 9.17) is 15.2 Å². The number of nitrogen functional groups attached to an aromatic ring is 1. The van der Waals surface area contributed by atoms with Crippen molar-refractivity contribution in [3.8, 4) is 21.9 Å². The molecule has 0 saturated carbocycles. The first-order valence-electron chi connectivity index (χ1n) is 10.0. The first-order chi connectivity index (χ1) is 14.9. The third kappa shape index (κ3) is 4.14. The van der Waals surface area contributed by atoms with E-state index < -0.39 is 0 Å². The molecule has 160 valence electrons. The van der Waals surface area contributed by atoms with E-state index in [0.717, 1.165) is 22.4 Å². The maximum absolute atomic E-state index is 6.00. The number of fused-ring (bicyclic) bond motifs is 1. The standard InChI is InChI=1S/C24H26N4O2S/c1-13-6-7-16(25)10-17(13)23-9-8-22(31-23)14(2)26-24-18-11-20(29-4)21(30-5)12-19(18)27-15(3)28-24/h6-12,14H,25H2,1-5H3,(H,26,27,28)/t14-/m0/s1. The lowest BCUT2D eigenvalue weighted by molar-refractivity contribution is 0.356. The number of aryl methyl sites for hydroxylation is 2. The summed E-state index contributed by atoms with van der Waals surface area (Å²) in [6.45, 7) is 6.12. The first-order valence-corrected chi connectivity index (χ1v) is 10.8. The van der Waals surface area contributed by atoms with Crippen LogP contribution in [0.4, 0.5) is 11.5 Å². The number of rotatable bonds is 6. The van der Waals surface area contributed by atoms with Crippen LogP contribution in [0, 0.1) is 13.8 Å². The van der Waals surface area contributed by atoms with Crippen molar-refractivity contribution in [2.24, 2.45) is 0 Å². The number of nitrogens with zero attached hydrogens (tertiary/aromatic N) is 2. The zero-order chi connectivity index (χ0) is 22.1. The minimum Gasteiger partial charge on any atom is -0.493 e. The summed E-state index contributed by atoms with van der Waals surface area (Å²) in [5.74, 6) is 2.75. The zero-order valence-corrected chi connectivity index (χ0v) is 19.1. The molecular weight excluding hydrogens is 408 g/mol. The molecule has 0 fully saturated rings. The summed E-state index contributed by atoms with van der Waals surface area (Å²) < 4.78 is 10.9. The van der Waals surface area contributed by atoms with Crippen LogP contribution in [0.5, 0.6) is 11.5 Å². The van der Waals surface area contributed by atoms with Gasteiger partial charge >= 0.3 is 0 Å². The Balaban J connectivity index is 1.68. The minimum absolute atomic E-state index is 0.0608. The Morgan fingerprint density at radius 2 is 1.71 bits per heavy atom. The summed E-state index contributed by atoms with van der Waals surface area (Å²) in [6, 6.07) is 14.2. The lowest BCUT2D eigenvalue weighted by Gasteiger charge is -2.16. The molecule has 0 aliphatic carbocycles. The van der Waals surface area contributed by atoms with Crippen molar-refractivity contribution in [3.05, 3.63) is 58.7 Å². The molecular formula is C24H26N4O2S. The lowest BCUT2D eigenvalue weighted by Crippen LogP contribution is -2.08. The van der Waals surface area contributed by atoms with Gasteiger partial charge < -0.3 is 20.5 Å². The van der Waals surface area contributed by atoms with Crippen LogP contribution >= 0.6 is 11.3 Å². The van der Waals surface area contributed by atoms with Crippen molar-refractivity contribution in [2.45, 2.75) is 26.8 Å². The molecule has 2 aromatic carbocycles. The van der Waals surface area contributed by atoms with E-state index in [1.54, 1.807) is 25.6 Å². The van der Waals surface area contributed by atoms with Crippen LogP contribution in [-0.4, -0.2) is 24.2 Å². The van der Waals surface area contributed by atoms with Gasteiger partial charge in [-0.25, -0.2) is 9.97 Å². The molecule has 0 spiro atoms. The summed E-state index contributed by atoms with van der Waals surface area (Å²) in [6.07, 6.45) is 0. The SMILES string of the molecule is COc1cc2nc(C)nc(N[C@@H](C)c3ccc(-c4cc(N)ccc4C)s3)c2cc1OC. The monoisotopic (exact) mass is 434 g/mol. The summed E-state index contributed by atoms with van der Waals surface area (Å²) >= 11 is 1.75. The van der Waals surface area contributed by atoms with Gasteiger partial charge in [0.05, 0.1) is 25.8 Å². The van der Waals surface area contributed by atoms with Crippen LogP contribution < -0.4 is 20.5 Å². The molecule has 0 aliphatic rings. The van der Waals surface area contributed by atoms with E-state index in [0.29, 0.717) is 17.3 Å². The molecule has 1 atom stereocenters.